The zero-order valence-corrected chi connectivity index (χ0v) is 18.7. The molecule has 0 N–H and O–H groups in total. The van der Waals surface area contributed by atoms with E-state index in [1.165, 1.54) is 18.4 Å². The second-order valence-corrected chi connectivity index (χ2v) is 7.95. The van der Waals surface area contributed by atoms with E-state index in [0.29, 0.717) is 49.1 Å². The van der Waals surface area contributed by atoms with Gasteiger partial charge in [0.25, 0.3) is 11.8 Å². The van der Waals surface area contributed by atoms with Crippen molar-refractivity contribution in [1.29, 1.82) is 5.26 Å². The molecule has 0 unspecified atom stereocenters. The van der Waals surface area contributed by atoms with Crippen LogP contribution in [0.2, 0.25) is 0 Å². The van der Waals surface area contributed by atoms with Crippen LogP contribution in [0, 0.1) is 17.1 Å². The minimum absolute atomic E-state index is 0.145. The van der Waals surface area contributed by atoms with Gasteiger partial charge in [-0.05, 0) is 42.0 Å². The van der Waals surface area contributed by atoms with Gasteiger partial charge in [-0.1, -0.05) is 24.3 Å². The number of amides is 1. The molecule has 0 atom stereocenters. The Bertz CT molecular complexity index is 1350. The van der Waals surface area contributed by atoms with Crippen molar-refractivity contribution >= 4 is 11.8 Å². The lowest BCUT2D eigenvalue weighted by atomic mass is 10.1. The van der Waals surface area contributed by atoms with Gasteiger partial charge < -0.3 is 23.4 Å². The van der Waals surface area contributed by atoms with Crippen LogP contribution in [0.15, 0.2) is 75.8 Å². The monoisotopic (exact) mass is 472 g/mol. The molecule has 0 saturated carbocycles. The van der Waals surface area contributed by atoms with Gasteiger partial charge in [0.2, 0.25) is 11.6 Å². The normalized spacial score (nSPS) is 13.5. The van der Waals surface area contributed by atoms with Crippen molar-refractivity contribution in [3.63, 3.8) is 0 Å². The maximum Gasteiger partial charge on any atom is 0.266 e. The Hall–Kier alpha value is -4.58. The molecule has 8 nitrogen and oxygen atoms in total. The van der Waals surface area contributed by atoms with Gasteiger partial charge in [0.15, 0.2) is 5.76 Å². The van der Waals surface area contributed by atoms with Gasteiger partial charge in [-0.3, -0.25) is 4.79 Å². The maximum absolute atomic E-state index is 13.3. The van der Waals surface area contributed by atoms with E-state index < -0.39 is 0 Å². The van der Waals surface area contributed by atoms with Gasteiger partial charge >= 0.3 is 0 Å². The molecule has 35 heavy (non-hydrogen) atoms. The zero-order chi connectivity index (χ0) is 24.2. The van der Waals surface area contributed by atoms with Crippen LogP contribution in [0.25, 0.3) is 11.7 Å². The molecule has 5 rings (SSSR count). The fourth-order valence-electron chi connectivity index (χ4n) is 3.90. The summed E-state index contributed by atoms with van der Waals surface area (Å²) < 4.78 is 30.2. The Morgan fingerprint density at radius 1 is 1.06 bits per heavy atom. The summed E-state index contributed by atoms with van der Waals surface area (Å²) in [5.41, 5.74) is 1.44. The number of oxazole rings is 1. The van der Waals surface area contributed by atoms with Crippen LogP contribution >= 0.6 is 0 Å². The van der Waals surface area contributed by atoms with E-state index in [1.807, 2.05) is 4.90 Å². The molecular formula is C26H21FN4O4. The quantitative estimate of drug-likeness (QED) is 0.408. The van der Waals surface area contributed by atoms with Gasteiger partial charge in [0.1, 0.15) is 24.2 Å². The SMILES string of the molecule is N#Cc1nc(-c2ccco2)oc1N1CCN(C(=O)c2ccccc2OCc2ccc(F)cc2)CC1. The molecule has 1 fully saturated rings. The number of anilines is 1. The summed E-state index contributed by atoms with van der Waals surface area (Å²) in [6.45, 7) is 2.05. The molecule has 2 aromatic heterocycles. The summed E-state index contributed by atoms with van der Waals surface area (Å²) in [6.07, 6.45) is 1.51. The molecule has 1 saturated heterocycles. The second-order valence-electron chi connectivity index (χ2n) is 7.95. The van der Waals surface area contributed by atoms with Gasteiger partial charge in [0.05, 0.1) is 11.8 Å². The smallest absolute Gasteiger partial charge is 0.266 e. The van der Waals surface area contributed by atoms with E-state index in [1.54, 1.807) is 53.4 Å². The van der Waals surface area contributed by atoms with Crippen LogP contribution in [0.4, 0.5) is 10.3 Å². The van der Waals surface area contributed by atoms with Gasteiger partial charge in [-0.2, -0.15) is 10.2 Å². The molecular weight excluding hydrogens is 451 g/mol. The number of benzene rings is 2. The topological polar surface area (TPSA) is 95.7 Å². The number of rotatable bonds is 6. The zero-order valence-electron chi connectivity index (χ0n) is 18.7. The fraction of sp³-hybridized carbons (Fsp3) is 0.192. The highest BCUT2D eigenvalue weighted by Crippen LogP contribution is 2.29. The van der Waals surface area contributed by atoms with E-state index in [2.05, 4.69) is 11.1 Å². The third kappa shape index (κ3) is 4.73. The molecule has 0 radical (unpaired) electrons. The summed E-state index contributed by atoms with van der Waals surface area (Å²) in [6, 6.07) is 18.6. The number of hydrogen-bond acceptors (Lipinski definition) is 7. The number of carbonyl (C=O) groups excluding carboxylic acids is 1. The molecule has 2 aromatic carbocycles. The van der Waals surface area contributed by atoms with Gasteiger partial charge in [0, 0.05) is 26.2 Å². The molecule has 1 amide bonds. The first kappa shape index (κ1) is 22.2. The molecule has 0 spiro atoms. The van der Waals surface area contributed by atoms with Crippen LogP contribution in [0.3, 0.4) is 0 Å². The molecule has 0 aliphatic carbocycles. The lowest BCUT2D eigenvalue weighted by Crippen LogP contribution is -2.49. The van der Waals surface area contributed by atoms with Crippen molar-refractivity contribution in [3.8, 4) is 23.5 Å². The number of furan rings is 1. The summed E-state index contributed by atoms with van der Waals surface area (Å²) in [5.74, 6) is 1.07. The van der Waals surface area contributed by atoms with Crippen molar-refractivity contribution in [3.05, 3.63) is 89.6 Å². The fourth-order valence-corrected chi connectivity index (χ4v) is 3.90. The third-order valence-electron chi connectivity index (χ3n) is 5.73. The number of para-hydroxylation sites is 1. The summed E-state index contributed by atoms with van der Waals surface area (Å²) in [4.78, 5) is 21.2. The number of halogens is 1. The van der Waals surface area contributed by atoms with Crippen LogP contribution in [0.5, 0.6) is 5.75 Å². The van der Waals surface area contributed by atoms with Crippen molar-refractivity contribution in [2.24, 2.45) is 0 Å². The number of carbonyl (C=O) groups is 1. The number of aromatic nitrogens is 1. The highest BCUT2D eigenvalue weighted by Gasteiger charge is 2.28. The van der Waals surface area contributed by atoms with Crippen molar-refractivity contribution < 1.29 is 22.8 Å². The molecule has 0 bridgehead atoms. The average Bonchev–Trinajstić information content (AvgIpc) is 3.58. The predicted octanol–water partition coefficient (Wildman–Crippen LogP) is 4.49. The molecule has 3 heterocycles. The number of nitrogens with zero attached hydrogens (tertiary/aromatic N) is 4. The third-order valence-corrected chi connectivity index (χ3v) is 5.73. The van der Waals surface area contributed by atoms with E-state index in [9.17, 15) is 14.4 Å². The first-order valence-corrected chi connectivity index (χ1v) is 11.1. The van der Waals surface area contributed by atoms with Crippen LogP contribution in [0.1, 0.15) is 21.6 Å². The molecule has 1 aliphatic heterocycles. The Morgan fingerprint density at radius 3 is 2.54 bits per heavy atom. The molecule has 9 heteroatoms. The molecule has 176 valence electrons. The largest absolute Gasteiger partial charge is 0.488 e. The average molecular weight is 472 g/mol. The minimum atomic E-state index is -0.312. The number of hydrogen-bond donors (Lipinski definition) is 0. The summed E-state index contributed by atoms with van der Waals surface area (Å²) in [5, 5.41) is 9.50. The predicted molar refractivity (Wildman–Crippen MR) is 124 cm³/mol. The van der Waals surface area contributed by atoms with Gasteiger partial charge in [-0.15, -0.1) is 0 Å². The number of piperazine rings is 1. The Morgan fingerprint density at radius 2 is 1.83 bits per heavy atom. The van der Waals surface area contributed by atoms with Crippen LogP contribution in [-0.4, -0.2) is 42.0 Å². The lowest BCUT2D eigenvalue weighted by molar-refractivity contribution is 0.0740. The first-order chi connectivity index (χ1) is 17.1. The Labute approximate surface area is 200 Å². The van der Waals surface area contributed by atoms with E-state index in [0.717, 1.165) is 5.56 Å². The molecule has 1 aliphatic rings. The minimum Gasteiger partial charge on any atom is -0.488 e. The van der Waals surface area contributed by atoms with E-state index >= 15 is 0 Å². The number of nitriles is 1. The Balaban J connectivity index is 1.25. The Kier molecular flexibility index (Phi) is 6.18. The van der Waals surface area contributed by atoms with Crippen molar-refractivity contribution in [1.82, 2.24) is 9.88 Å². The van der Waals surface area contributed by atoms with Crippen molar-refractivity contribution in [2.45, 2.75) is 6.61 Å². The molecule has 4 aromatic rings. The second kappa shape index (κ2) is 9.73. The standard InChI is InChI=1S/C26H21FN4O4/c27-19-9-7-18(8-10-19)17-34-22-5-2-1-4-20(22)25(32)30-11-13-31(14-12-30)26-21(16-28)29-24(35-26)23-6-3-15-33-23/h1-10,15H,11-14,17H2. The highest BCUT2D eigenvalue weighted by atomic mass is 19.1. The van der Waals surface area contributed by atoms with Crippen LogP contribution in [-0.2, 0) is 6.61 Å². The van der Waals surface area contributed by atoms with Gasteiger partial charge in [-0.25, -0.2) is 4.39 Å². The maximum atomic E-state index is 13.3. The highest BCUT2D eigenvalue weighted by molar-refractivity contribution is 5.97. The van der Waals surface area contributed by atoms with Crippen molar-refractivity contribution in [2.75, 3.05) is 31.1 Å². The summed E-state index contributed by atoms with van der Waals surface area (Å²) in [7, 11) is 0. The number of ether oxygens (including phenoxy) is 1. The van der Waals surface area contributed by atoms with E-state index in [-0.39, 0.29) is 29.9 Å². The lowest BCUT2D eigenvalue weighted by Gasteiger charge is -2.34. The summed E-state index contributed by atoms with van der Waals surface area (Å²) >= 11 is 0. The van der Waals surface area contributed by atoms with Crippen LogP contribution < -0.4 is 9.64 Å². The van der Waals surface area contributed by atoms with E-state index in [4.69, 9.17) is 13.6 Å². The first-order valence-electron chi connectivity index (χ1n) is 11.1.